The number of anilines is 1. The Hall–Kier alpha value is -3.30. The standard InChI is InChI=1S/C22H18FN3O3S2/c1-14-12-17(10-11-18(14)23)31(28,29)26-16-8-6-15(7-9-16)22(27)24-13-21-25-19-4-2-3-5-20(19)30-21/h2-12,26H,13H2,1H3,(H,24,27). The van der Waals surface area contributed by atoms with Gasteiger partial charge in [0.25, 0.3) is 15.9 Å². The largest absolute Gasteiger partial charge is 0.346 e. The smallest absolute Gasteiger partial charge is 0.261 e. The summed E-state index contributed by atoms with van der Waals surface area (Å²) < 4.78 is 41.9. The first-order valence-corrected chi connectivity index (χ1v) is 11.6. The van der Waals surface area contributed by atoms with E-state index in [0.717, 1.165) is 21.3 Å². The molecule has 0 radical (unpaired) electrons. The van der Waals surface area contributed by atoms with Gasteiger partial charge in [-0.1, -0.05) is 12.1 Å². The summed E-state index contributed by atoms with van der Waals surface area (Å²) in [6.45, 7) is 1.80. The highest BCUT2D eigenvalue weighted by atomic mass is 32.2. The monoisotopic (exact) mass is 455 g/mol. The van der Waals surface area contributed by atoms with Gasteiger partial charge in [0.05, 0.1) is 21.7 Å². The maximum atomic E-state index is 13.4. The van der Waals surface area contributed by atoms with Gasteiger partial charge < -0.3 is 5.32 Å². The quantitative estimate of drug-likeness (QED) is 0.449. The first kappa shape index (κ1) is 21.0. The van der Waals surface area contributed by atoms with Crippen molar-refractivity contribution in [1.82, 2.24) is 10.3 Å². The molecule has 2 N–H and O–H groups in total. The van der Waals surface area contributed by atoms with E-state index in [0.29, 0.717) is 17.8 Å². The van der Waals surface area contributed by atoms with Crippen LogP contribution < -0.4 is 10.0 Å². The van der Waals surface area contributed by atoms with E-state index in [1.807, 2.05) is 24.3 Å². The molecule has 0 aliphatic heterocycles. The summed E-state index contributed by atoms with van der Waals surface area (Å²) in [7, 11) is -3.87. The summed E-state index contributed by atoms with van der Waals surface area (Å²) in [5.74, 6) is -0.761. The number of aromatic nitrogens is 1. The number of nitrogens with one attached hydrogen (secondary N) is 2. The van der Waals surface area contributed by atoms with Gasteiger partial charge in [-0.05, 0) is 67.1 Å². The van der Waals surface area contributed by atoms with Crippen molar-refractivity contribution < 1.29 is 17.6 Å². The lowest BCUT2D eigenvalue weighted by atomic mass is 10.2. The van der Waals surface area contributed by atoms with Gasteiger partial charge in [0.1, 0.15) is 10.8 Å². The van der Waals surface area contributed by atoms with Crippen LogP contribution >= 0.6 is 11.3 Å². The predicted octanol–water partition coefficient (Wildman–Crippen LogP) is 4.47. The SMILES string of the molecule is Cc1cc(S(=O)(=O)Nc2ccc(C(=O)NCc3nc4ccccc4s3)cc2)ccc1F. The third kappa shape index (κ3) is 4.73. The number of halogens is 1. The maximum Gasteiger partial charge on any atom is 0.261 e. The molecule has 31 heavy (non-hydrogen) atoms. The Morgan fingerprint density at radius 2 is 1.81 bits per heavy atom. The van der Waals surface area contributed by atoms with Crippen molar-refractivity contribution in [3.63, 3.8) is 0 Å². The Balaban J connectivity index is 1.41. The van der Waals surface area contributed by atoms with Crippen molar-refractivity contribution in [3.8, 4) is 0 Å². The highest BCUT2D eigenvalue weighted by Crippen LogP contribution is 2.22. The topological polar surface area (TPSA) is 88.2 Å². The van der Waals surface area contributed by atoms with Crippen LogP contribution in [-0.4, -0.2) is 19.3 Å². The molecule has 1 amide bonds. The number of rotatable bonds is 6. The maximum absolute atomic E-state index is 13.4. The highest BCUT2D eigenvalue weighted by molar-refractivity contribution is 7.92. The molecule has 0 aliphatic rings. The van der Waals surface area contributed by atoms with Crippen LogP contribution in [0.3, 0.4) is 0 Å². The number of nitrogens with zero attached hydrogens (tertiary/aromatic N) is 1. The molecular formula is C22H18FN3O3S2. The van der Waals surface area contributed by atoms with Crippen molar-refractivity contribution >= 4 is 43.2 Å². The fourth-order valence-electron chi connectivity index (χ4n) is 2.94. The zero-order valence-corrected chi connectivity index (χ0v) is 18.1. The van der Waals surface area contributed by atoms with Crippen LogP contribution in [-0.2, 0) is 16.6 Å². The van der Waals surface area contributed by atoms with Crippen LogP contribution in [0.4, 0.5) is 10.1 Å². The molecule has 0 spiro atoms. The van der Waals surface area contributed by atoms with E-state index in [2.05, 4.69) is 15.0 Å². The number of hydrogen-bond donors (Lipinski definition) is 2. The minimum atomic E-state index is -3.87. The zero-order chi connectivity index (χ0) is 22.0. The molecule has 4 rings (SSSR count). The van der Waals surface area contributed by atoms with Crippen LogP contribution in [0.25, 0.3) is 10.2 Å². The molecule has 1 heterocycles. The molecule has 0 aliphatic carbocycles. The minimum Gasteiger partial charge on any atom is -0.346 e. The van der Waals surface area contributed by atoms with Gasteiger partial charge in [0.15, 0.2) is 0 Å². The molecule has 6 nitrogen and oxygen atoms in total. The fourth-order valence-corrected chi connectivity index (χ4v) is 4.99. The summed E-state index contributed by atoms with van der Waals surface area (Å²) >= 11 is 1.52. The zero-order valence-electron chi connectivity index (χ0n) is 16.4. The number of carbonyl (C=O) groups excluding carboxylic acids is 1. The van der Waals surface area contributed by atoms with Gasteiger partial charge in [-0.3, -0.25) is 9.52 Å². The second-order valence-corrected chi connectivity index (χ2v) is 9.65. The van der Waals surface area contributed by atoms with Crippen molar-refractivity contribution in [3.05, 3.63) is 88.7 Å². The molecule has 0 atom stereocenters. The third-order valence-electron chi connectivity index (χ3n) is 4.58. The van der Waals surface area contributed by atoms with Gasteiger partial charge in [-0.2, -0.15) is 0 Å². The number of para-hydroxylation sites is 1. The van der Waals surface area contributed by atoms with E-state index in [9.17, 15) is 17.6 Å². The molecule has 0 unspecified atom stereocenters. The molecule has 0 saturated carbocycles. The summed E-state index contributed by atoms with van der Waals surface area (Å²) in [5.41, 5.74) is 1.82. The van der Waals surface area contributed by atoms with E-state index in [1.54, 1.807) is 0 Å². The van der Waals surface area contributed by atoms with Gasteiger partial charge >= 0.3 is 0 Å². The Morgan fingerprint density at radius 1 is 1.06 bits per heavy atom. The number of carbonyl (C=O) groups is 1. The second kappa shape index (κ2) is 8.44. The lowest BCUT2D eigenvalue weighted by molar-refractivity contribution is 0.0951. The first-order chi connectivity index (χ1) is 14.8. The molecule has 158 valence electrons. The molecule has 0 bridgehead atoms. The van der Waals surface area contributed by atoms with Gasteiger partial charge in [-0.25, -0.2) is 17.8 Å². The summed E-state index contributed by atoms with van der Waals surface area (Å²) in [6.07, 6.45) is 0. The van der Waals surface area contributed by atoms with Gasteiger partial charge in [-0.15, -0.1) is 11.3 Å². The molecule has 4 aromatic rings. The Labute approximate surface area is 182 Å². The third-order valence-corrected chi connectivity index (χ3v) is 6.99. The van der Waals surface area contributed by atoms with E-state index >= 15 is 0 Å². The highest BCUT2D eigenvalue weighted by Gasteiger charge is 2.16. The number of hydrogen-bond acceptors (Lipinski definition) is 5. The van der Waals surface area contributed by atoms with Crippen LogP contribution in [0, 0.1) is 12.7 Å². The van der Waals surface area contributed by atoms with E-state index in [-0.39, 0.29) is 16.4 Å². The summed E-state index contributed by atoms with van der Waals surface area (Å²) in [6, 6.07) is 17.4. The normalized spacial score (nSPS) is 11.4. The van der Waals surface area contributed by atoms with Crippen molar-refractivity contribution in [2.75, 3.05) is 4.72 Å². The Morgan fingerprint density at radius 3 is 2.52 bits per heavy atom. The predicted molar refractivity (Wildman–Crippen MR) is 119 cm³/mol. The lowest BCUT2D eigenvalue weighted by Crippen LogP contribution is -2.22. The lowest BCUT2D eigenvalue weighted by Gasteiger charge is -2.10. The van der Waals surface area contributed by atoms with Crippen molar-refractivity contribution in [2.45, 2.75) is 18.4 Å². The molecule has 0 fully saturated rings. The van der Waals surface area contributed by atoms with Crippen LogP contribution in [0.5, 0.6) is 0 Å². The molecule has 3 aromatic carbocycles. The van der Waals surface area contributed by atoms with Crippen LogP contribution in [0.1, 0.15) is 20.9 Å². The fraction of sp³-hybridized carbons (Fsp3) is 0.0909. The number of thiazole rings is 1. The molecule has 1 aromatic heterocycles. The first-order valence-electron chi connectivity index (χ1n) is 9.33. The number of fused-ring (bicyclic) bond motifs is 1. The molecule has 9 heteroatoms. The average Bonchev–Trinajstić information content (AvgIpc) is 3.17. The van der Waals surface area contributed by atoms with Crippen molar-refractivity contribution in [2.24, 2.45) is 0 Å². The summed E-state index contributed by atoms with van der Waals surface area (Å²) in [5, 5.41) is 3.62. The van der Waals surface area contributed by atoms with E-state index < -0.39 is 15.8 Å². The molecule has 0 saturated heterocycles. The number of sulfonamides is 1. The Bertz CT molecular complexity index is 1330. The van der Waals surface area contributed by atoms with Gasteiger partial charge in [0, 0.05) is 11.3 Å². The van der Waals surface area contributed by atoms with Crippen molar-refractivity contribution in [1.29, 1.82) is 0 Å². The number of aryl methyl sites for hydroxylation is 1. The van der Waals surface area contributed by atoms with Crippen LogP contribution in [0.15, 0.2) is 71.6 Å². The Kier molecular flexibility index (Phi) is 5.71. The second-order valence-electron chi connectivity index (χ2n) is 6.85. The van der Waals surface area contributed by atoms with E-state index in [1.165, 1.54) is 54.7 Å². The number of benzene rings is 3. The minimum absolute atomic E-state index is 0.0379. The molecular weight excluding hydrogens is 437 g/mol. The number of amides is 1. The van der Waals surface area contributed by atoms with E-state index in [4.69, 9.17) is 0 Å². The summed E-state index contributed by atoms with van der Waals surface area (Å²) in [4.78, 5) is 16.9. The van der Waals surface area contributed by atoms with Crippen LogP contribution in [0.2, 0.25) is 0 Å². The average molecular weight is 456 g/mol. The van der Waals surface area contributed by atoms with Gasteiger partial charge in [0.2, 0.25) is 0 Å².